The zero-order valence-corrected chi connectivity index (χ0v) is 13.1. The third-order valence-corrected chi connectivity index (χ3v) is 5.38. The van der Waals surface area contributed by atoms with E-state index in [1.54, 1.807) is 5.56 Å². The molecule has 1 aromatic carbocycles. The smallest absolute Gasteiger partial charge is 0.00201 e. The number of rotatable bonds is 2. The lowest BCUT2D eigenvalue weighted by Crippen LogP contribution is -2.28. The number of benzene rings is 1. The van der Waals surface area contributed by atoms with Crippen molar-refractivity contribution in [3.8, 4) is 0 Å². The van der Waals surface area contributed by atoms with E-state index in [0.717, 1.165) is 18.4 Å². The van der Waals surface area contributed by atoms with E-state index in [4.69, 9.17) is 0 Å². The third-order valence-electron chi connectivity index (χ3n) is 5.38. The van der Waals surface area contributed by atoms with Gasteiger partial charge < -0.3 is 5.32 Å². The van der Waals surface area contributed by atoms with Gasteiger partial charge in [-0.2, -0.15) is 0 Å². The molecule has 1 heterocycles. The van der Waals surface area contributed by atoms with Gasteiger partial charge in [-0.05, 0) is 67.0 Å². The van der Waals surface area contributed by atoms with Crippen molar-refractivity contribution in [1.82, 2.24) is 5.32 Å². The molecule has 1 heteroatoms. The standard InChI is InChI=1S/C19H29N/c1-19(2)11-3-5-17(13-19)15-7-9-16(10-8-15)18-6-4-12-20-14-18/h7-10,17-18,20H,3-6,11-14H2,1-2H3. The first-order valence-electron chi connectivity index (χ1n) is 8.45. The molecular weight excluding hydrogens is 242 g/mol. The molecule has 1 saturated heterocycles. The highest BCUT2D eigenvalue weighted by Gasteiger charge is 2.28. The molecule has 0 radical (unpaired) electrons. The molecule has 0 amide bonds. The van der Waals surface area contributed by atoms with E-state index < -0.39 is 0 Å². The Hall–Kier alpha value is -0.820. The van der Waals surface area contributed by atoms with Gasteiger partial charge in [-0.1, -0.05) is 44.5 Å². The first-order valence-corrected chi connectivity index (χ1v) is 8.45. The van der Waals surface area contributed by atoms with Crippen LogP contribution in [0.15, 0.2) is 24.3 Å². The highest BCUT2D eigenvalue weighted by Crippen LogP contribution is 2.43. The molecule has 1 saturated carbocycles. The molecule has 1 aliphatic heterocycles. The maximum absolute atomic E-state index is 3.52. The molecular formula is C19H29N. The van der Waals surface area contributed by atoms with Gasteiger partial charge in [0.2, 0.25) is 0 Å². The zero-order valence-electron chi connectivity index (χ0n) is 13.1. The summed E-state index contributed by atoms with van der Waals surface area (Å²) in [5.74, 6) is 1.53. The summed E-state index contributed by atoms with van der Waals surface area (Å²) in [4.78, 5) is 0. The molecule has 1 nitrogen and oxygen atoms in total. The van der Waals surface area contributed by atoms with Crippen molar-refractivity contribution < 1.29 is 0 Å². The quantitative estimate of drug-likeness (QED) is 0.811. The second kappa shape index (κ2) is 5.89. The van der Waals surface area contributed by atoms with E-state index in [9.17, 15) is 0 Å². The largest absolute Gasteiger partial charge is 0.316 e. The maximum Gasteiger partial charge on any atom is 0.00201 e. The van der Waals surface area contributed by atoms with Gasteiger partial charge >= 0.3 is 0 Å². The summed E-state index contributed by atoms with van der Waals surface area (Å²) < 4.78 is 0. The lowest BCUT2D eigenvalue weighted by Gasteiger charge is -2.35. The molecule has 110 valence electrons. The molecule has 1 aromatic rings. The van der Waals surface area contributed by atoms with Gasteiger partial charge in [0.05, 0.1) is 0 Å². The van der Waals surface area contributed by atoms with Crippen molar-refractivity contribution in [1.29, 1.82) is 0 Å². The summed E-state index contributed by atoms with van der Waals surface area (Å²) in [5.41, 5.74) is 3.65. The minimum atomic E-state index is 0.537. The Kier molecular flexibility index (Phi) is 4.16. The second-order valence-electron chi connectivity index (χ2n) is 7.67. The molecule has 2 atom stereocenters. The molecule has 2 aliphatic rings. The van der Waals surface area contributed by atoms with Gasteiger partial charge in [0.25, 0.3) is 0 Å². The van der Waals surface area contributed by atoms with Crippen LogP contribution in [0.1, 0.15) is 75.3 Å². The molecule has 3 rings (SSSR count). The van der Waals surface area contributed by atoms with Crippen molar-refractivity contribution >= 4 is 0 Å². The minimum absolute atomic E-state index is 0.537. The fourth-order valence-corrected chi connectivity index (χ4v) is 4.16. The lowest BCUT2D eigenvalue weighted by molar-refractivity contribution is 0.219. The van der Waals surface area contributed by atoms with E-state index in [2.05, 4.69) is 43.4 Å². The fraction of sp³-hybridized carbons (Fsp3) is 0.684. The molecule has 0 aromatic heterocycles. The van der Waals surface area contributed by atoms with Crippen LogP contribution in [-0.2, 0) is 0 Å². The van der Waals surface area contributed by atoms with Crippen LogP contribution in [0.3, 0.4) is 0 Å². The van der Waals surface area contributed by atoms with E-state index in [-0.39, 0.29) is 0 Å². The number of piperidine rings is 1. The summed E-state index contributed by atoms with van der Waals surface area (Å²) in [7, 11) is 0. The van der Waals surface area contributed by atoms with Crippen molar-refractivity contribution in [3.63, 3.8) is 0 Å². The predicted molar refractivity (Wildman–Crippen MR) is 86.3 cm³/mol. The summed E-state index contributed by atoms with van der Waals surface area (Å²) >= 11 is 0. The second-order valence-corrected chi connectivity index (χ2v) is 7.67. The lowest BCUT2D eigenvalue weighted by atomic mass is 9.70. The monoisotopic (exact) mass is 271 g/mol. The Labute approximate surface area is 124 Å². The van der Waals surface area contributed by atoms with Crippen LogP contribution in [0.4, 0.5) is 0 Å². The van der Waals surface area contributed by atoms with Gasteiger partial charge in [-0.3, -0.25) is 0 Å². The van der Waals surface area contributed by atoms with Gasteiger partial charge in [-0.15, -0.1) is 0 Å². The predicted octanol–water partition coefficient (Wildman–Crippen LogP) is 4.84. The first kappa shape index (κ1) is 14.1. The topological polar surface area (TPSA) is 12.0 Å². The summed E-state index contributed by atoms with van der Waals surface area (Å²) in [5, 5.41) is 3.52. The summed E-state index contributed by atoms with van der Waals surface area (Å²) in [6.07, 6.45) is 8.21. The number of hydrogen-bond acceptors (Lipinski definition) is 1. The summed E-state index contributed by atoms with van der Waals surface area (Å²) in [6.45, 7) is 7.23. The number of nitrogens with one attached hydrogen (secondary N) is 1. The minimum Gasteiger partial charge on any atom is -0.316 e. The molecule has 2 unspecified atom stereocenters. The molecule has 0 bridgehead atoms. The van der Waals surface area contributed by atoms with Crippen molar-refractivity contribution in [2.75, 3.05) is 13.1 Å². The highest BCUT2D eigenvalue weighted by molar-refractivity contribution is 5.28. The van der Waals surface area contributed by atoms with Crippen molar-refractivity contribution in [2.45, 2.75) is 64.2 Å². The van der Waals surface area contributed by atoms with E-state index in [1.807, 2.05) is 0 Å². The van der Waals surface area contributed by atoms with Crippen molar-refractivity contribution in [2.24, 2.45) is 5.41 Å². The Morgan fingerprint density at radius 3 is 2.20 bits per heavy atom. The van der Waals surface area contributed by atoms with E-state index in [0.29, 0.717) is 5.41 Å². The average Bonchev–Trinajstić information content (AvgIpc) is 2.47. The average molecular weight is 271 g/mol. The Morgan fingerprint density at radius 2 is 1.60 bits per heavy atom. The molecule has 20 heavy (non-hydrogen) atoms. The Balaban J connectivity index is 1.69. The van der Waals surface area contributed by atoms with Crippen LogP contribution in [0.25, 0.3) is 0 Å². The van der Waals surface area contributed by atoms with Crippen LogP contribution >= 0.6 is 0 Å². The van der Waals surface area contributed by atoms with Crippen LogP contribution in [-0.4, -0.2) is 13.1 Å². The normalized spacial score (nSPS) is 30.1. The SMILES string of the molecule is CC1(C)CCCC(c2ccc(C3CCCNC3)cc2)C1. The first-order chi connectivity index (χ1) is 9.64. The maximum atomic E-state index is 3.52. The van der Waals surface area contributed by atoms with Gasteiger partial charge in [0.15, 0.2) is 0 Å². The molecule has 1 N–H and O–H groups in total. The van der Waals surface area contributed by atoms with E-state index in [1.165, 1.54) is 50.6 Å². The Morgan fingerprint density at radius 1 is 0.950 bits per heavy atom. The van der Waals surface area contributed by atoms with Gasteiger partial charge in [0, 0.05) is 6.54 Å². The van der Waals surface area contributed by atoms with Crippen LogP contribution in [0, 0.1) is 5.41 Å². The van der Waals surface area contributed by atoms with E-state index >= 15 is 0 Å². The van der Waals surface area contributed by atoms with Crippen LogP contribution < -0.4 is 5.32 Å². The molecule has 0 spiro atoms. The molecule has 2 fully saturated rings. The van der Waals surface area contributed by atoms with Gasteiger partial charge in [-0.25, -0.2) is 0 Å². The van der Waals surface area contributed by atoms with Crippen LogP contribution in [0.2, 0.25) is 0 Å². The number of hydrogen-bond donors (Lipinski definition) is 1. The van der Waals surface area contributed by atoms with Crippen molar-refractivity contribution in [3.05, 3.63) is 35.4 Å². The van der Waals surface area contributed by atoms with Crippen LogP contribution in [0.5, 0.6) is 0 Å². The fourth-order valence-electron chi connectivity index (χ4n) is 4.16. The Bertz CT molecular complexity index is 426. The zero-order chi connectivity index (χ0) is 14.0. The third kappa shape index (κ3) is 3.25. The molecule has 1 aliphatic carbocycles. The summed E-state index contributed by atoms with van der Waals surface area (Å²) in [6, 6.07) is 9.62. The van der Waals surface area contributed by atoms with Gasteiger partial charge in [0.1, 0.15) is 0 Å². The highest BCUT2D eigenvalue weighted by atomic mass is 14.9.